The SMILES string of the molecule is O=C(Nc1ccccc1F)C1CC(=O)N(Cc2ccc(F)cc2)C(=Nc2cccc(C(F)(F)F)c2)S1. The summed E-state index contributed by atoms with van der Waals surface area (Å²) in [6.07, 6.45) is -4.85. The summed E-state index contributed by atoms with van der Waals surface area (Å²) in [5.74, 6) is -2.30. The van der Waals surface area contributed by atoms with Crippen molar-refractivity contribution in [1.82, 2.24) is 4.90 Å². The predicted octanol–water partition coefficient (Wildman–Crippen LogP) is 6.14. The third kappa shape index (κ3) is 6.09. The fraction of sp³-hybridized carbons (Fsp3) is 0.160. The first-order chi connectivity index (χ1) is 17.1. The van der Waals surface area contributed by atoms with Gasteiger partial charge >= 0.3 is 6.18 Å². The van der Waals surface area contributed by atoms with E-state index >= 15 is 0 Å². The summed E-state index contributed by atoms with van der Waals surface area (Å²) in [7, 11) is 0. The molecule has 1 heterocycles. The third-order valence-corrected chi connectivity index (χ3v) is 6.40. The van der Waals surface area contributed by atoms with Crippen molar-refractivity contribution in [3.05, 3.63) is 95.6 Å². The van der Waals surface area contributed by atoms with E-state index in [2.05, 4.69) is 10.3 Å². The number of anilines is 1. The van der Waals surface area contributed by atoms with E-state index in [0.717, 1.165) is 23.9 Å². The number of nitrogens with zero attached hydrogens (tertiary/aromatic N) is 2. The number of carbonyl (C=O) groups is 2. The molecule has 11 heteroatoms. The number of hydrogen-bond donors (Lipinski definition) is 1. The van der Waals surface area contributed by atoms with E-state index in [9.17, 15) is 31.5 Å². The smallest absolute Gasteiger partial charge is 0.323 e. The Kier molecular flexibility index (Phi) is 7.39. The molecule has 1 aliphatic heterocycles. The average Bonchev–Trinajstić information content (AvgIpc) is 2.83. The number of carbonyl (C=O) groups excluding carboxylic acids is 2. The van der Waals surface area contributed by atoms with E-state index in [1.807, 2.05) is 0 Å². The second kappa shape index (κ2) is 10.5. The summed E-state index contributed by atoms with van der Waals surface area (Å²) in [5.41, 5.74) is -0.508. The number of halogens is 5. The van der Waals surface area contributed by atoms with Gasteiger partial charge in [0, 0.05) is 6.42 Å². The van der Waals surface area contributed by atoms with Gasteiger partial charge in [0.1, 0.15) is 16.9 Å². The summed E-state index contributed by atoms with van der Waals surface area (Å²) < 4.78 is 66.8. The number of aliphatic imine (C=N–C) groups is 1. The zero-order valence-electron chi connectivity index (χ0n) is 18.4. The molecule has 0 bridgehead atoms. The van der Waals surface area contributed by atoms with Crippen molar-refractivity contribution in [1.29, 1.82) is 0 Å². The lowest BCUT2D eigenvalue weighted by atomic mass is 10.2. The molecule has 1 fully saturated rings. The first-order valence-corrected chi connectivity index (χ1v) is 11.5. The maximum absolute atomic E-state index is 14.0. The van der Waals surface area contributed by atoms with Gasteiger partial charge in [0.2, 0.25) is 11.8 Å². The molecule has 3 aromatic rings. The van der Waals surface area contributed by atoms with Crippen molar-refractivity contribution in [3.63, 3.8) is 0 Å². The minimum atomic E-state index is -4.60. The van der Waals surface area contributed by atoms with Crippen molar-refractivity contribution < 1.29 is 31.5 Å². The Labute approximate surface area is 207 Å². The average molecular weight is 519 g/mol. The molecular weight excluding hydrogens is 501 g/mol. The topological polar surface area (TPSA) is 61.8 Å². The van der Waals surface area contributed by atoms with Crippen LogP contribution in [0.1, 0.15) is 17.5 Å². The molecule has 1 atom stereocenters. The molecule has 0 spiro atoms. The Balaban J connectivity index is 1.65. The Bertz CT molecular complexity index is 1310. The molecule has 5 nitrogen and oxygen atoms in total. The van der Waals surface area contributed by atoms with Gasteiger partial charge in [-0.2, -0.15) is 13.2 Å². The Hall–Kier alpha value is -3.73. The number of amidine groups is 1. The second-order valence-corrected chi connectivity index (χ2v) is 9.00. The van der Waals surface area contributed by atoms with Crippen LogP contribution in [0.3, 0.4) is 0 Å². The minimum Gasteiger partial charge on any atom is -0.323 e. The summed E-state index contributed by atoms with van der Waals surface area (Å²) in [4.78, 5) is 31.4. The summed E-state index contributed by atoms with van der Waals surface area (Å²) in [6.45, 7) is -0.0362. The largest absolute Gasteiger partial charge is 0.416 e. The monoisotopic (exact) mass is 519 g/mol. The van der Waals surface area contributed by atoms with Crippen LogP contribution >= 0.6 is 11.8 Å². The summed E-state index contributed by atoms with van der Waals surface area (Å²) >= 11 is 0.872. The predicted molar refractivity (Wildman–Crippen MR) is 127 cm³/mol. The number of rotatable bonds is 5. The van der Waals surface area contributed by atoms with Crippen molar-refractivity contribution in [2.45, 2.75) is 24.4 Å². The molecule has 1 N–H and O–H groups in total. The highest BCUT2D eigenvalue weighted by Gasteiger charge is 2.36. The quantitative estimate of drug-likeness (QED) is 0.412. The molecule has 1 saturated heterocycles. The molecule has 36 heavy (non-hydrogen) atoms. The van der Waals surface area contributed by atoms with Crippen LogP contribution in [-0.4, -0.2) is 27.1 Å². The molecule has 0 aliphatic carbocycles. The normalized spacial score (nSPS) is 17.4. The van der Waals surface area contributed by atoms with Gasteiger partial charge < -0.3 is 5.32 Å². The molecule has 186 valence electrons. The number of benzene rings is 3. The highest BCUT2D eigenvalue weighted by atomic mass is 32.2. The fourth-order valence-corrected chi connectivity index (χ4v) is 4.51. The minimum absolute atomic E-state index is 0.0106. The highest BCUT2D eigenvalue weighted by molar-refractivity contribution is 8.15. The zero-order chi connectivity index (χ0) is 25.9. The van der Waals surface area contributed by atoms with E-state index in [0.29, 0.717) is 5.56 Å². The molecule has 0 radical (unpaired) electrons. The molecule has 1 unspecified atom stereocenters. The summed E-state index contributed by atoms with van der Waals surface area (Å²) in [5, 5.41) is 1.41. The van der Waals surface area contributed by atoms with Crippen LogP contribution in [-0.2, 0) is 22.3 Å². The number of para-hydroxylation sites is 1. The highest BCUT2D eigenvalue weighted by Crippen LogP contribution is 2.34. The lowest BCUT2D eigenvalue weighted by Crippen LogP contribution is -2.44. The first-order valence-electron chi connectivity index (χ1n) is 10.6. The lowest BCUT2D eigenvalue weighted by molar-refractivity contribution is -0.137. The maximum Gasteiger partial charge on any atom is 0.416 e. The molecule has 2 amide bonds. The lowest BCUT2D eigenvalue weighted by Gasteiger charge is -2.32. The van der Waals surface area contributed by atoms with E-state index in [4.69, 9.17) is 0 Å². The molecular formula is C25H18F5N3O2S. The van der Waals surface area contributed by atoms with Gasteiger partial charge in [0.25, 0.3) is 0 Å². The number of hydrogen-bond acceptors (Lipinski definition) is 4. The second-order valence-electron chi connectivity index (χ2n) is 7.83. The fourth-order valence-electron chi connectivity index (χ4n) is 3.41. The van der Waals surface area contributed by atoms with E-state index < -0.39 is 40.4 Å². The van der Waals surface area contributed by atoms with Crippen LogP contribution in [0.2, 0.25) is 0 Å². The van der Waals surface area contributed by atoms with Crippen molar-refractivity contribution in [3.8, 4) is 0 Å². The Morgan fingerprint density at radius 3 is 2.44 bits per heavy atom. The van der Waals surface area contributed by atoms with Crippen molar-refractivity contribution >= 4 is 40.1 Å². The first kappa shape index (κ1) is 25.4. The number of amides is 2. The molecule has 0 aromatic heterocycles. The standard InChI is InChI=1S/C25H18F5N3O2S/c26-17-10-8-15(9-11-17)14-33-22(34)13-21(23(35)32-20-7-2-1-6-19(20)27)36-24(33)31-18-5-3-4-16(12-18)25(28,29)30/h1-12,21H,13-14H2,(H,32,35). The molecule has 3 aromatic carbocycles. The third-order valence-electron chi connectivity index (χ3n) is 5.22. The van der Waals surface area contributed by atoms with E-state index in [1.165, 1.54) is 65.6 Å². The van der Waals surface area contributed by atoms with Crippen LogP contribution in [0.15, 0.2) is 77.8 Å². The molecule has 0 saturated carbocycles. The van der Waals surface area contributed by atoms with Crippen LogP contribution in [0.25, 0.3) is 0 Å². The molecule has 4 rings (SSSR count). The van der Waals surface area contributed by atoms with Gasteiger partial charge in [0.15, 0.2) is 5.17 Å². The van der Waals surface area contributed by atoms with E-state index in [-0.39, 0.29) is 29.5 Å². The Morgan fingerprint density at radius 1 is 1.03 bits per heavy atom. The number of thioether (sulfide) groups is 1. The van der Waals surface area contributed by atoms with Crippen LogP contribution in [0.5, 0.6) is 0 Å². The van der Waals surface area contributed by atoms with Crippen molar-refractivity contribution in [2.24, 2.45) is 4.99 Å². The van der Waals surface area contributed by atoms with Gasteiger partial charge in [-0.3, -0.25) is 14.5 Å². The van der Waals surface area contributed by atoms with Gasteiger partial charge in [0.05, 0.1) is 23.5 Å². The number of alkyl halides is 3. The number of nitrogens with one attached hydrogen (secondary N) is 1. The van der Waals surface area contributed by atoms with E-state index in [1.54, 1.807) is 0 Å². The Morgan fingerprint density at radius 2 is 1.75 bits per heavy atom. The van der Waals surface area contributed by atoms with Gasteiger partial charge in [-0.25, -0.2) is 13.8 Å². The zero-order valence-corrected chi connectivity index (χ0v) is 19.2. The summed E-state index contributed by atoms with van der Waals surface area (Å²) in [6, 6.07) is 15.1. The van der Waals surface area contributed by atoms with Gasteiger partial charge in [-0.1, -0.05) is 42.1 Å². The van der Waals surface area contributed by atoms with Crippen molar-refractivity contribution in [2.75, 3.05) is 5.32 Å². The molecule has 1 aliphatic rings. The van der Waals surface area contributed by atoms with Gasteiger partial charge in [-0.05, 0) is 48.0 Å². The van der Waals surface area contributed by atoms with Crippen LogP contribution < -0.4 is 5.32 Å². The maximum atomic E-state index is 14.0. The van der Waals surface area contributed by atoms with Crippen LogP contribution in [0, 0.1) is 11.6 Å². The van der Waals surface area contributed by atoms with Gasteiger partial charge in [-0.15, -0.1) is 0 Å². The van der Waals surface area contributed by atoms with Crippen LogP contribution in [0.4, 0.5) is 33.3 Å².